The molecule has 2 fully saturated rings. The predicted molar refractivity (Wildman–Crippen MR) is 94.0 cm³/mol. The summed E-state index contributed by atoms with van der Waals surface area (Å²) in [5.41, 5.74) is 0.769. The lowest BCUT2D eigenvalue weighted by Gasteiger charge is -2.29. The average molecular weight is 347 g/mol. The van der Waals surface area contributed by atoms with E-state index in [1.807, 2.05) is 26.8 Å². The van der Waals surface area contributed by atoms with Crippen molar-refractivity contribution in [2.75, 3.05) is 6.54 Å². The zero-order valence-electron chi connectivity index (χ0n) is 15.5. The van der Waals surface area contributed by atoms with Gasteiger partial charge in [-0.1, -0.05) is 31.8 Å². The minimum absolute atomic E-state index is 0.00834. The van der Waals surface area contributed by atoms with Gasteiger partial charge >= 0.3 is 0 Å². The number of nitrogens with one attached hydrogen (secondary N) is 1. The summed E-state index contributed by atoms with van der Waals surface area (Å²) < 4.78 is 5.37. The van der Waals surface area contributed by atoms with E-state index in [2.05, 4.69) is 10.5 Å². The third-order valence-corrected chi connectivity index (χ3v) is 5.43. The molecule has 2 amide bonds. The van der Waals surface area contributed by atoms with Gasteiger partial charge in [-0.3, -0.25) is 9.59 Å². The molecule has 3 rings (SSSR count). The van der Waals surface area contributed by atoms with Gasteiger partial charge in [-0.05, 0) is 38.5 Å². The molecule has 0 bridgehead atoms. The molecule has 2 atom stereocenters. The molecule has 138 valence electrons. The highest BCUT2D eigenvalue weighted by molar-refractivity contribution is 5.91. The lowest BCUT2D eigenvalue weighted by Crippen LogP contribution is -2.49. The molecule has 0 radical (unpaired) electrons. The van der Waals surface area contributed by atoms with Crippen LogP contribution in [0.3, 0.4) is 0 Å². The molecular formula is C19H29N3O3. The fourth-order valence-electron chi connectivity index (χ4n) is 4.11. The SMILES string of the molecule is Cc1cc([C@H](C(=O)N2CCC[C@H]2C(=O)NC2CCCC2)C(C)C)on1. The quantitative estimate of drug-likeness (QED) is 0.889. The number of aromatic nitrogens is 1. The molecule has 1 aliphatic carbocycles. The first-order valence-corrected chi connectivity index (χ1v) is 9.51. The van der Waals surface area contributed by atoms with Crippen LogP contribution in [0.25, 0.3) is 0 Å². The van der Waals surface area contributed by atoms with Gasteiger partial charge in [0.15, 0.2) is 0 Å². The molecule has 1 saturated heterocycles. The molecule has 1 N–H and O–H groups in total. The van der Waals surface area contributed by atoms with E-state index >= 15 is 0 Å². The van der Waals surface area contributed by atoms with E-state index in [9.17, 15) is 9.59 Å². The minimum atomic E-state index is -0.388. The van der Waals surface area contributed by atoms with Gasteiger partial charge in [0.25, 0.3) is 0 Å². The van der Waals surface area contributed by atoms with Crippen molar-refractivity contribution in [3.63, 3.8) is 0 Å². The number of hydrogen-bond acceptors (Lipinski definition) is 4. The van der Waals surface area contributed by atoms with Crippen molar-refractivity contribution in [3.8, 4) is 0 Å². The Hall–Kier alpha value is -1.85. The van der Waals surface area contributed by atoms with Gasteiger partial charge in [0, 0.05) is 18.7 Å². The van der Waals surface area contributed by atoms with Crippen LogP contribution in [-0.4, -0.2) is 40.5 Å². The fourth-order valence-corrected chi connectivity index (χ4v) is 4.11. The maximum Gasteiger partial charge on any atom is 0.243 e. The van der Waals surface area contributed by atoms with Crippen molar-refractivity contribution in [3.05, 3.63) is 17.5 Å². The van der Waals surface area contributed by atoms with Gasteiger partial charge < -0.3 is 14.7 Å². The second-order valence-electron chi connectivity index (χ2n) is 7.77. The maximum absolute atomic E-state index is 13.2. The number of carbonyl (C=O) groups is 2. The molecule has 6 nitrogen and oxygen atoms in total. The van der Waals surface area contributed by atoms with Crippen LogP contribution in [0.2, 0.25) is 0 Å². The van der Waals surface area contributed by atoms with E-state index in [4.69, 9.17) is 4.52 Å². The highest BCUT2D eigenvalue weighted by Gasteiger charge is 2.40. The van der Waals surface area contributed by atoms with Crippen LogP contribution in [-0.2, 0) is 9.59 Å². The summed E-state index contributed by atoms with van der Waals surface area (Å²) in [6.45, 7) is 6.49. The zero-order chi connectivity index (χ0) is 18.0. The van der Waals surface area contributed by atoms with Crippen molar-refractivity contribution in [2.45, 2.75) is 77.3 Å². The molecule has 2 aliphatic rings. The molecule has 0 unspecified atom stereocenters. The third-order valence-electron chi connectivity index (χ3n) is 5.43. The lowest BCUT2D eigenvalue weighted by atomic mass is 9.91. The number of nitrogens with zero attached hydrogens (tertiary/aromatic N) is 2. The predicted octanol–water partition coefficient (Wildman–Crippen LogP) is 2.77. The first-order chi connectivity index (χ1) is 12.0. The molecule has 2 heterocycles. The summed E-state index contributed by atoms with van der Waals surface area (Å²) in [5, 5.41) is 7.08. The molecule has 0 spiro atoms. The standard InChI is InChI=1S/C19H29N3O3/c1-12(2)17(16-11-13(3)21-25-16)19(24)22-10-6-9-15(22)18(23)20-14-7-4-5-8-14/h11-12,14-15,17H,4-10H2,1-3H3,(H,20,23)/t15-,17+/m0/s1. The van der Waals surface area contributed by atoms with Gasteiger partial charge in [-0.25, -0.2) is 0 Å². The molecule has 6 heteroatoms. The number of hydrogen-bond donors (Lipinski definition) is 1. The summed E-state index contributed by atoms with van der Waals surface area (Å²) in [6, 6.07) is 1.76. The van der Waals surface area contributed by atoms with Crippen LogP contribution in [0.4, 0.5) is 0 Å². The minimum Gasteiger partial charge on any atom is -0.360 e. The summed E-state index contributed by atoms with van der Waals surface area (Å²) in [5.74, 6) is 0.281. The van der Waals surface area contributed by atoms with Crippen LogP contribution >= 0.6 is 0 Å². The average Bonchev–Trinajstić information content (AvgIpc) is 3.28. The molecule has 0 aromatic carbocycles. The summed E-state index contributed by atoms with van der Waals surface area (Å²) >= 11 is 0. The highest BCUT2D eigenvalue weighted by Crippen LogP contribution is 2.31. The van der Waals surface area contributed by atoms with Gasteiger partial charge in [-0.15, -0.1) is 0 Å². The molecule has 1 aromatic heterocycles. The summed E-state index contributed by atoms with van der Waals surface area (Å²) in [7, 11) is 0. The van der Waals surface area contributed by atoms with Crippen molar-refractivity contribution < 1.29 is 14.1 Å². The Morgan fingerprint density at radius 3 is 2.56 bits per heavy atom. The second kappa shape index (κ2) is 7.58. The molecular weight excluding hydrogens is 318 g/mol. The number of aryl methyl sites for hydroxylation is 1. The van der Waals surface area contributed by atoms with Crippen molar-refractivity contribution in [1.82, 2.24) is 15.4 Å². The Morgan fingerprint density at radius 1 is 1.24 bits per heavy atom. The highest BCUT2D eigenvalue weighted by atomic mass is 16.5. The molecule has 25 heavy (non-hydrogen) atoms. The van der Waals surface area contributed by atoms with Crippen LogP contribution in [0.1, 0.15) is 69.7 Å². The number of rotatable bonds is 5. The Kier molecular flexibility index (Phi) is 5.45. The van der Waals surface area contributed by atoms with E-state index in [0.29, 0.717) is 12.3 Å². The van der Waals surface area contributed by atoms with Crippen LogP contribution in [0, 0.1) is 12.8 Å². The number of carbonyl (C=O) groups excluding carboxylic acids is 2. The van der Waals surface area contributed by atoms with Crippen molar-refractivity contribution >= 4 is 11.8 Å². The van der Waals surface area contributed by atoms with Crippen LogP contribution in [0.15, 0.2) is 10.6 Å². The Balaban J connectivity index is 1.73. The van der Waals surface area contributed by atoms with Crippen molar-refractivity contribution in [2.24, 2.45) is 5.92 Å². The number of amides is 2. The monoisotopic (exact) mass is 347 g/mol. The molecule has 1 saturated carbocycles. The van der Waals surface area contributed by atoms with Crippen LogP contribution < -0.4 is 5.32 Å². The van der Waals surface area contributed by atoms with Gasteiger partial charge in [0.05, 0.1) is 5.69 Å². The van der Waals surface area contributed by atoms with Gasteiger partial charge in [0.2, 0.25) is 11.8 Å². The van der Waals surface area contributed by atoms with E-state index in [1.165, 1.54) is 12.8 Å². The lowest BCUT2D eigenvalue weighted by molar-refractivity contribution is -0.141. The maximum atomic E-state index is 13.2. The number of likely N-dealkylation sites (tertiary alicyclic amines) is 1. The fraction of sp³-hybridized carbons (Fsp3) is 0.737. The van der Waals surface area contributed by atoms with Crippen LogP contribution in [0.5, 0.6) is 0 Å². The molecule has 1 aromatic rings. The van der Waals surface area contributed by atoms with Gasteiger partial charge in [0.1, 0.15) is 17.7 Å². The smallest absolute Gasteiger partial charge is 0.243 e. The molecule has 1 aliphatic heterocycles. The third kappa shape index (κ3) is 3.88. The van der Waals surface area contributed by atoms with Gasteiger partial charge in [-0.2, -0.15) is 0 Å². The zero-order valence-corrected chi connectivity index (χ0v) is 15.5. The Labute approximate surface area is 149 Å². The Morgan fingerprint density at radius 2 is 1.96 bits per heavy atom. The van der Waals surface area contributed by atoms with E-state index in [1.54, 1.807) is 4.90 Å². The van der Waals surface area contributed by atoms with Crippen molar-refractivity contribution in [1.29, 1.82) is 0 Å². The van der Waals surface area contributed by atoms with E-state index in [-0.39, 0.29) is 35.7 Å². The van der Waals surface area contributed by atoms with E-state index in [0.717, 1.165) is 31.4 Å². The van der Waals surface area contributed by atoms with E-state index < -0.39 is 0 Å². The summed E-state index contributed by atoms with van der Waals surface area (Å²) in [6.07, 6.45) is 6.08. The summed E-state index contributed by atoms with van der Waals surface area (Å²) in [4.78, 5) is 27.7. The topological polar surface area (TPSA) is 75.4 Å². The Bertz CT molecular complexity index is 619. The second-order valence-corrected chi connectivity index (χ2v) is 7.77. The normalized spacial score (nSPS) is 22.6. The first-order valence-electron chi connectivity index (χ1n) is 9.51. The largest absolute Gasteiger partial charge is 0.360 e. The first kappa shape index (κ1) is 18.0.